The molecule has 33 heavy (non-hydrogen) atoms. The zero-order valence-corrected chi connectivity index (χ0v) is 17.8. The number of thioether (sulfide) groups is 1. The third-order valence-corrected chi connectivity index (χ3v) is 6.10. The van der Waals surface area contributed by atoms with Gasteiger partial charge in [-0.25, -0.2) is 0 Å². The van der Waals surface area contributed by atoms with Crippen LogP contribution in [0.5, 0.6) is 0 Å². The predicted octanol–water partition coefficient (Wildman–Crippen LogP) is 2.50. The van der Waals surface area contributed by atoms with Gasteiger partial charge in [-0.3, -0.25) is 24.8 Å². The maximum Gasteiger partial charge on any atom is 0.451 e. The smallest absolute Gasteiger partial charge is 0.351 e. The Labute approximate surface area is 189 Å². The van der Waals surface area contributed by atoms with Crippen molar-refractivity contribution >= 4 is 46.3 Å². The van der Waals surface area contributed by atoms with E-state index < -0.39 is 29.1 Å². The zero-order valence-electron chi connectivity index (χ0n) is 17.0. The molecule has 0 aliphatic carbocycles. The summed E-state index contributed by atoms with van der Waals surface area (Å²) in [7, 11) is 0. The lowest BCUT2D eigenvalue weighted by Crippen LogP contribution is -2.25. The van der Waals surface area contributed by atoms with E-state index in [0.29, 0.717) is 10.9 Å². The lowest BCUT2D eigenvalue weighted by molar-refractivity contribution is -0.144. The number of halogens is 3. The lowest BCUT2D eigenvalue weighted by Gasteiger charge is -2.16. The molecule has 3 N–H and O–H groups in total. The number of alkyl halides is 3. The minimum atomic E-state index is -4.71. The Morgan fingerprint density at radius 2 is 1.85 bits per heavy atom. The van der Waals surface area contributed by atoms with Gasteiger partial charge in [-0.05, 0) is 37.1 Å². The monoisotopic (exact) mass is 481 g/mol. The third kappa shape index (κ3) is 5.50. The number of hydrogen-bond donors (Lipinski definition) is 3. The Hall–Kier alpha value is -3.42. The number of hydrogen-bond acceptors (Lipinski definition) is 7. The van der Waals surface area contributed by atoms with E-state index >= 15 is 0 Å². The molecule has 4 rings (SSSR count). The van der Waals surface area contributed by atoms with E-state index in [9.17, 15) is 27.6 Å². The van der Waals surface area contributed by atoms with Gasteiger partial charge >= 0.3 is 6.18 Å². The lowest BCUT2D eigenvalue weighted by atomic mass is 10.2. The number of aromatic nitrogens is 3. The molecule has 1 unspecified atom stereocenters. The molecule has 1 atom stereocenters. The standard InChI is InChI=1S/C19H18F3N7O3S/c20-19(21,22)16-26-17(28-27-16)24-14(31)10-3-5-11(6-4-10)23-13(30)9-12-15(32)25-18(33-12)29-7-1-2-8-29/h3-6,12H,1-2,7-9H2,(H,23,30)(H2,24,26,27,28,31). The van der Waals surface area contributed by atoms with E-state index in [1.165, 1.54) is 36.0 Å². The van der Waals surface area contributed by atoms with E-state index in [4.69, 9.17) is 0 Å². The first-order valence-electron chi connectivity index (χ1n) is 9.94. The minimum absolute atomic E-state index is 0.0427. The number of nitrogens with zero attached hydrogens (tertiary/aromatic N) is 4. The first kappa shape index (κ1) is 22.8. The number of aliphatic imine (C=N–C) groups is 1. The molecule has 2 aliphatic heterocycles. The summed E-state index contributed by atoms with van der Waals surface area (Å²) in [6.07, 6.45) is -2.64. The summed E-state index contributed by atoms with van der Waals surface area (Å²) in [4.78, 5) is 45.9. The van der Waals surface area contributed by atoms with Crippen LogP contribution in [0, 0.1) is 0 Å². The van der Waals surface area contributed by atoms with Crippen LogP contribution in [0.2, 0.25) is 0 Å². The van der Waals surface area contributed by atoms with Gasteiger partial charge in [-0.1, -0.05) is 11.8 Å². The quantitative estimate of drug-likeness (QED) is 0.598. The molecule has 0 bridgehead atoms. The maximum atomic E-state index is 12.5. The molecule has 2 aliphatic rings. The third-order valence-electron chi connectivity index (χ3n) is 4.89. The molecule has 10 nitrogen and oxygen atoms in total. The van der Waals surface area contributed by atoms with E-state index in [2.05, 4.69) is 25.7 Å². The molecular weight excluding hydrogens is 463 g/mol. The van der Waals surface area contributed by atoms with Gasteiger partial charge in [0.2, 0.25) is 17.7 Å². The number of rotatable bonds is 5. The van der Waals surface area contributed by atoms with Gasteiger partial charge in [0.1, 0.15) is 5.25 Å². The fourth-order valence-electron chi connectivity index (χ4n) is 3.26. The molecule has 2 aromatic rings. The van der Waals surface area contributed by atoms with Crippen molar-refractivity contribution in [3.8, 4) is 0 Å². The maximum absolute atomic E-state index is 12.5. The summed E-state index contributed by atoms with van der Waals surface area (Å²) in [6, 6.07) is 5.68. The average Bonchev–Trinajstić information content (AvgIpc) is 3.50. The van der Waals surface area contributed by atoms with Crippen molar-refractivity contribution in [3.63, 3.8) is 0 Å². The largest absolute Gasteiger partial charge is 0.451 e. The van der Waals surface area contributed by atoms with Gasteiger partial charge in [-0.2, -0.15) is 23.1 Å². The van der Waals surface area contributed by atoms with Crippen LogP contribution in [0.25, 0.3) is 0 Å². The summed E-state index contributed by atoms with van der Waals surface area (Å²) >= 11 is 1.29. The zero-order chi connectivity index (χ0) is 23.6. The molecule has 1 aromatic heterocycles. The van der Waals surface area contributed by atoms with Crippen molar-refractivity contribution in [2.75, 3.05) is 23.7 Å². The number of amides is 3. The summed E-state index contributed by atoms with van der Waals surface area (Å²) in [6.45, 7) is 1.72. The van der Waals surface area contributed by atoms with Crippen LogP contribution in [0.4, 0.5) is 24.8 Å². The van der Waals surface area contributed by atoms with E-state index in [1.807, 2.05) is 4.90 Å². The second kappa shape index (κ2) is 9.21. The van der Waals surface area contributed by atoms with Gasteiger partial charge in [0.25, 0.3) is 11.8 Å². The van der Waals surface area contributed by atoms with Gasteiger partial charge in [-0.15, -0.1) is 5.10 Å². The summed E-state index contributed by atoms with van der Waals surface area (Å²) in [5.74, 6) is -3.27. The van der Waals surface area contributed by atoms with Crippen molar-refractivity contribution < 1.29 is 27.6 Å². The molecule has 3 amide bonds. The number of amidine groups is 1. The molecule has 3 heterocycles. The normalized spacial score (nSPS) is 18.4. The number of carbonyl (C=O) groups is 3. The molecule has 1 saturated heterocycles. The van der Waals surface area contributed by atoms with Crippen molar-refractivity contribution in [2.24, 2.45) is 4.99 Å². The van der Waals surface area contributed by atoms with Crippen LogP contribution in [0.3, 0.4) is 0 Å². The van der Waals surface area contributed by atoms with Gasteiger partial charge in [0, 0.05) is 30.8 Å². The predicted molar refractivity (Wildman–Crippen MR) is 114 cm³/mol. The number of H-pyrrole nitrogens is 1. The highest BCUT2D eigenvalue weighted by atomic mass is 32.2. The number of carbonyl (C=O) groups excluding carboxylic acids is 3. The summed E-state index contributed by atoms with van der Waals surface area (Å²) in [5.41, 5.74) is 0.515. The second-order valence-electron chi connectivity index (χ2n) is 7.32. The number of anilines is 2. The number of aromatic amines is 1. The number of nitrogens with one attached hydrogen (secondary N) is 3. The fraction of sp³-hybridized carbons (Fsp3) is 0.368. The SMILES string of the molecule is O=C(CC1SC(N2CCCC2)=NC1=O)Nc1ccc(C(=O)Nc2n[nH]c(C(F)(F)F)n2)cc1. The van der Waals surface area contributed by atoms with E-state index in [0.717, 1.165) is 25.9 Å². The Kier molecular flexibility index (Phi) is 6.35. The van der Waals surface area contributed by atoms with Crippen LogP contribution in [-0.4, -0.2) is 61.3 Å². The molecule has 1 fully saturated rings. The molecule has 1 aromatic carbocycles. The average molecular weight is 481 g/mol. The molecule has 14 heteroatoms. The van der Waals surface area contributed by atoms with Crippen molar-refractivity contribution in [1.29, 1.82) is 0 Å². The van der Waals surface area contributed by atoms with E-state index in [-0.39, 0.29) is 23.8 Å². The van der Waals surface area contributed by atoms with E-state index in [1.54, 1.807) is 5.10 Å². The summed E-state index contributed by atoms with van der Waals surface area (Å²) in [5, 5.41) is 9.90. The fourth-order valence-corrected chi connectivity index (χ4v) is 4.37. The van der Waals surface area contributed by atoms with Crippen molar-refractivity contribution in [1.82, 2.24) is 20.1 Å². The summed E-state index contributed by atoms with van der Waals surface area (Å²) < 4.78 is 37.6. The van der Waals surface area contributed by atoms with Crippen LogP contribution in [0.15, 0.2) is 29.3 Å². The molecule has 174 valence electrons. The number of likely N-dealkylation sites (tertiary alicyclic amines) is 1. The van der Waals surface area contributed by atoms with Crippen LogP contribution in [-0.2, 0) is 15.8 Å². The topological polar surface area (TPSA) is 132 Å². The molecule has 0 radical (unpaired) electrons. The highest BCUT2D eigenvalue weighted by Gasteiger charge is 2.36. The van der Waals surface area contributed by atoms with Crippen molar-refractivity contribution in [2.45, 2.75) is 30.7 Å². The Bertz CT molecular complexity index is 1090. The first-order valence-corrected chi connectivity index (χ1v) is 10.8. The Balaban J connectivity index is 1.28. The van der Waals surface area contributed by atoms with Gasteiger partial charge in [0.05, 0.1) is 0 Å². The number of benzene rings is 1. The molecular formula is C19H18F3N7O3S. The van der Waals surface area contributed by atoms with Crippen molar-refractivity contribution in [3.05, 3.63) is 35.7 Å². The highest BCUT2D eigenvalue weighted by molar-refractivity contribution is 8.15. The minimum Gasteiger partial charge on any atom is -0.351 e. The first-order chi connectivity index (χ1) is 15.7. The Morgan fingerprint density at radius 3 is 2.48 bits per heavy atom. The molecule has 0 saturated carbocycles. The van der Waals surface area contributed by atoms with Crippen LogP contribution < -0.4 is 10.6 Å². The highest BCUT2D eigenvalue weighted by Crippen LogP contribution is 2.29. The van der Waals surface area contributed by atoms with Gasteiger partial charge in [0.15, 0.2) is 5.17 Å². The van der Waals surface area contributed by atoms with Crippen LogP contribution >= 0.6 is 11.8 Å². The second-order valence-corrected chi connectivity index (χ2v) is 8.49. The van der Waals surface area contributed by atoms with Gasteiger partial charge < -0.3 is 10.2 Å². The Morgan fingerprint density at radius 1 is 1.15 bits per heavy atom. The van der Waals surface area contributed by atoms with Crippen LogP contribution in [0.1, 0.15) is 35.4 Å². The molecule has 0 spiro atoms.